The molecule has 3 heteroatoms. The molecule has 2 aliphatic rings. The summed E-state index contributed by atoms with van der Waals surface area (Å²) < 4.78 is 0. The molecule has 2 fully saturated rings. The van der Waals surface area contributed by atoms with Gasteiger partial charge in [-0.3, -0.25) is 4.90 Å². The average Bonchev–Trinajstić information content (AvgIpc) is 2.33. The van der Waals surface area contributed by atoms with Gasteiger partial charge in [0.05, 0.1) is 0 Å². The minimum atomic E-state index is 0.496. The van der Waals surface area contributed by atoms with Crippen LogP contribution < -0.4 is 5.32 Å². The first-order chi connectivity index (χ1) is 9.27. The zero-order valence-electron chi connectivity index (χ0n) is 14.3. The molecular weight excluding hydrogens is 246 g/mol. The molecule has 20 heavy (non-hydrogen) atoms. The van der Waals surface area contributed by atoms with Gasteiger partial charge in [0.2, 0.25) is 0 Å². The molecule has 0 aromatic heterocycles. The van der Waals surface area contributed by atoms with Crippen molar-refractivity contribution in [3.63, 3.8) is 0 Å². The van der Waals surface area contributed by atoms with Crippen LogP contribution in [0.1, 0.15) is 47.0 Å². The van der Waals surface area contributed by atoms with Gasteiger partial charge < -0.3 is 10.2 Å². The Morgan fingerprint density at radius 1 is 1.05 bits per heavy atom. The van der Waals surface area contributed by atoms with Crippen LogP contribution in [0.4, 0.5) is 0 Å². The Kier molecular flexibility index (Phi) is 5.14. The van der Waals surface area contributed by atoms with Gasteiger partial charge >= 0.3 is 0 Å². The second kappa shape index (κ2) is 6.33. The molecule has 1 heterocycles. The average molecular weight is 281 g/mol. The van der Waals surface area contributed by atoms with E-state index in [1.165, 1.54) is 45.4 Å². The number of hydrogen-bond acceptors (Lipinski definition) is 3. The van der Waals surface area contributed by atoms with Crippen molar-refractivity contribution in [1.29, 1.82) is 0 Å². The van der Waals surface area contributed by atoms with Gasteiger partial charge in [0.15, 0.2) is 0 Å². The summed E-state index contributed by atoms with van der Waals surface area (Å²) in [6, 6.07) is 0.761. The monoisotopic (exact) mass is 281 g/mol. The van der Waals surface area contributed by atoms with Crippen LogP contribution in [0.5, 0.6) is 0 Å². The van der Waals surface area contributed by atoms with E-state index >= 15 is 0 Å². The minimum absolute atomic E-state index is 0.496. The topological polar surface area (TPSA) is 18.5 Å². The van der Waals surface area contributed by atoms with E-state index < -0.39 is 0 Å². The van der Waals surface area contributed by atoms with Crippen LogP contribution in [0.2, 0.25) is 0 Å². The fourth-order valence-corrected chi connectivity index (χ4v) is 4.52. The summed E-state index contributed by atoms with van der Waals surface area (Å²) in [6.45, 7) is 17.0. The van der Waals surface area contributed by atoms with Crippen LogP contribution in [-0.2, 0) is 0 Å². The van der Waals surface area contributed by atoms with Crippen LogP contribution in [0.15, 0.2) is 0 Å². The summed E-state index contributed by atoms with van der Waals surface area (Å²) in [5.74, 6) is 0. The Balaban J connectivity index is 1.83. The highest BCUT2D eigenvalue weighted by atomic mass is 15.2. The SMILES string of the molecule is CN(CCN1CCNCC1)C1CC(C)(C)CC(C)(C)C1. The minimum Gasteiger partial charge on any atom is -0.314 e. The maximum Gasteiger partial charge on any atom is 0.0110 e. The van der Waals surface area contributed by atoms with Gasteiger partial charge in [-0.05, 0) is 37.1 Å². The number of nitrogens with zero attached hydrogens (tertiary/aromatic N) is 2. The molecule has 0 aromatic rings. The normalized spacial score (nSPS) is 27.9. The van der Waals surface area contributed by atoms with E-state index in [1.807, 2.05) is 0 Å². The van der Waals surface area contributed by atoms with Crippen molar-refractivity contribution in [2.75, 3.05) is 46.3 Å². The maximum absolute atomic E-state index is 3.43. The van der Waals surface area contributed by atoms with Crippen molar-refractivity contribution >= 4 is 0 Å². The number of nitrogens with one attached hydrogen (secondary N) is 1. The van der Waals surface area contributed by atoms with E-state index in [0.29, 0.717) is 10.8 Å². The van der Waals surface area contributed by atoms with Gasteiger partial charge in [-0.25, -0.2) is 0 Å². The summed E-state index contributed by atoms with van der Waals surface area (Å²) in [5, 5.41) is 3.43. The van der Waals surface area contributed by atoms with E-state index in [0.717, 1.165) is 19.1 Å². The molecule has 3 nitrogen and oxygen atoms in total. The lowest BCUT2D eigenvalue weighted by Crippen LogP contribution is -2.49. The molecule has 1 N–H and O–H groups in total. The molecule has 0 aromatic carbocycles. The molecule has 2 rings (SSSR count). The second-order valence-electron chi connectivity index (χ2n) is 8.64. The first kappa shape index (κ1) is 16.3. The predicted octanol–water partition coefficient (Wildman–Crippen LogP) is 2.43. The number of hydrogen-bond donors (Lipinski definition) is 1. The van der Waals surface area contributed by atoms with Crippen molar-refractivity contribution in [3.8, 4) is 0 Å². The standard InChI is InChI=1S/C17H35N3/c1-16(2)12-15(13-17(3,4)14-16)19(5)10-11-20-8-6-18-7-9-20/h15,18H,6-14H2,1-5H3. The summed E-state index contributed by atoms with van der Waals surface area (Å²) in [7, 11) is 2.34. The first-order valence-corrected chi connectivity index (χ1v) is 8.41. The summed E-state index contributed by atoms with van der Waals surface area (Å²) in [6.07, 6.45) is 4.07. The molecule has 1 saturated heterocycles. The van der Waals surface area contributed by atoms with Crippen LogP contribution in [-0.4, -0.2) is 62.2 Å². The Labute approximate surface area is 126 Å². The molecule has 0 radical (unpaired) electrons. The molecular formula is C17H35N3. The molecule has 1 aliphatic heterocycles. The summed E-state index contributed by atoms with van der Waals surface area (Å²) >= 11 is 0. The van der Waals surface area contributed by atoms with Gasteiger partial charge in [0.1, 0.15) is 0 Å². The summed E-state index contributed by atoms with van der Waals surface area (Å²) in [4.78, 5) is 5.23. The van der Waals surface area contributed by atoms with E-state index in [4.69, 9.17) is 0 Å². The molecule has 1 saturated carbocycles. The van der Waals surface area contributed by atoms with Crippen LogP contribution in [0.3, 0.4) is 0 Å². The molecule has 1 aliphatic carbocycles. The van der Waals surface area contributed by atoms with Crippen molar-refractivity contribution in [2.24, 2.45) is 10.8 Å². The van der Waals surface area contributed by atoms with Crippen molar-refractivity contribution in [2.45, 2.75) is 53.0 Å². The zero-order chi connectivity index (χ0) is 14.8. The van der Waals surface area contributed by atoms with E-state index in [1.54, 1.807) is 0 Å². The van der Waals surface area contributed by atoms with E-state index in [2.05, 4.69) is 49.9 Å². The highest BCUT2D eigenvalue weighted by molar-refractivity contribution is 4.92. The van der Waals surface area contributed by atoms with E-state index in [9.17, 15) is 0 Å². The third kappa shape index (κ3) is 4.71. The lowest BCUT2D eigenvalue weighted by molar-refractivity contribution is 0.0313. The van der Waals surface area contributed by atoms with Crippen molar-refractivity contribution < 1.29 is 0 Å². The molecule has 0 spiro atoms. The van der Waals surface area contributed by atoms with Gasteiger partial charge in [-0.2, -0.15) is 0 Å². The van der Waals surface area contributed by atoms with E-state index in [-0.39, 0.29) is 0 Å². The fraction of sp³-hybridized carbons (Fsp3) is 1.00. The first-order valence-electron chi connectivity index (χ1n) is 8.41. The van der Waals surface area contributed by atoms with Gasteiger partial charge in [-0.15, -0.1) is 0 Å². The third-order valence-electron chi connectivity index (χ3n) is 5.14. The second-order valence-corrected chi connectivity index (χ2v) is 8.64. The number of likely N-dealkylation sites (N-methyl/N-ethyl adjacent to an activating group) is 1. The molecule has 118 valence electrons. The van der Waals surface area contributed by atoms with Crippen LogP contribution in [0.25, 0.3) is 0 Å². The predicted molar refractivity (Wildman–Crippen MR) is 87.1 cm³/mol. The smallest absolute Gasteiger partial charge is 0.0110 e. The fourth-order valence-electron chi connectivity index (χ4n) is 4.52. The highest BCUT2D eigenvalue weighted by Gasteiger charge is 2.39. The Morgan fingerprint density at radius 3 is 2.15 bits per heavy atom. The lowest BCUT2D eigenvalue weighted by Gasteiger charge is -2.48. The zero-order valence-corrected chi connectivity index (χ0v) is 14.3. The largest absolute Gasteiger partial charge is 0.314 e. The highest BCUT2D eigenvalue weighted by Crippen LogP contribution is 2.46. The Morgan fingerprint density at radius 2 is 1.60 bits per heavy atom. The van der Waals surface area contributed by atoms with Gasteiger partial charge in [0, 0.05) is 45.3 Å². The van der Waals surface area contributed by atoms with Gasteiger partial charge in [0.25, 0.3) is 0 Å². The summed E-state index contributed by atoms with van der Waals surface area (Å²) in [5.41, 5.74) is 0.992. The van der Waals surface area contributed by atoms with Crippen molar-refractivity contribution in [3.05, 3.63) is 0 Å². The Hall–Kier alpha value is -0.120. The quantitative estimate of drug-likeness (QED) is 0.854. The molecule has 0 unspecified atom stereocenters. The Bertz CT molecular complexity index is 289. The number of rotatable bonds is 4. The maximum atomic E-state index is 3.43. The van der Waals surface area contributed by atoms with Crippen LogP contribution in [0, 0.1) is 10.8 Å². The number of piperazine rings is 1. The van der Waals surface area contributed by atoms with Crippen LogP contribution >= 0.6 is 0 Å². The van der Waals surface area contributed by atoms with Gasteiger partial charge in [-0.1, -0.05) is 27.7 Å². The van der Waals surface area contributed by atoms with Crippen molar-refractivity contribution in [1.82, 2.24) is 15.1 Å². The molecule has 0 atom stereocenters. The lowest BCUT2D eigenvalue weighted by atomic mass is 9.63. The third-order valence-corrected chi connectivity index (χ3v) is 5.14. The molecule has 0 bridgehead atoms. The molecule has 0 amide bonds.